The van der Waals surface area contributed by atoms with Gasteiger partial charge in [0.05, 0.1) is 5.69 Å². The summed E-state index contributed by atoms with van der Waals surface area (Å²) in [5, 5.41) is 2.85. The number of aromatic nitrogens is 1. The van der Waals surface area contributed by atoms with Gasteiger partial charge < -0.3 is 5.32 Å². The number of hydrogen-bond acceptors (Lipinski definition) is 2. The molecule has 1 rings (SSSR count). The fraction of sp³-hybridized carbons (Fsp3) is 0.286. The van der Waals surface area contributed by atoms with E-state index in [1.165, 1.54) is 6.20 Å². The highest BCUT2D eigenvalue weighted by atomic mass is 79.9. The molecule has 2 nitrogen and oxygen atoms in total. The van der Waals surface area contributed by atoms with Crippen LogP contribution in [-0.4, -0.2) is 11.5 Å². The van der Waals surface area contributed by atoms with Crippen LogP contribution in [-0.2, 0) is 0 Å². The average Bonchev–Trinajstić information content (AvgIpc) is 1.98. The Morgan fingerprint density at radius 3 is 3.09 bits per heavy atom. The van der Waals surface area contributed by atoms with Gasteiger partial charge in [0.2, 0.25) is 5.95 Å². The van der Waals surface area contributed by atoms with Crippen molar-refractivity contribution in [3.63, 3.8) is 0 Å². The Hall–Kier alpha value is -0.640. The third-order valence-electron chi connectivity index (χ3n) is 1.17. The summed E-state index contributed by atoms with van der Waals surface area (Å²) in [6.07, 6.45) is 1.43. The summed E-state index contributed by atoms with van der Waals surface area (Å²) in [5.41, 5.74) is 0.432. The van der Waals surface area contributed by atoms with E-state index < -0.39 is 5.95 Å². The van der Waals surface area contributed by atoms with Gasteiger partial charge in [0.1, 0.15) is 0 Å². The molecule has 0 unspecified atom stereocenters. The first-order chi connectivity index (χ1) is 5.24. The predicted molar refractivity (Wildman–Crippen MR) is 46.1 cm³/mol. The van der Waals surface area contributed by atoms with E-state index in [9.17, 15) is 4.39 Å². The number of nitrogens with one attached hydrogen (secondary N) is 1. The maximum Gasteiger partial charge on any atom is 0.236 e. The van der Waals surface area contributed by atoms with Crippen molar-refractivity contribution in [1.82, 2.24) is 4.98 Å². The third kappa shape index (κ3) is 2.15. The van der Waals surface area contributed by atoms with Crippen molar-refractivity contribution in [3.8, 4) is 0 Å². The number of hydrogen-bond donors (Lipinski definition) is 1. The van der Waals surface area contributed by atoms with Gasteiger partial charge in [-0.25, -0.2) is 4.98 Å². The molecule has 1 aromatic rings. The highest BCUT2D eigenvalue weighted by Gasteiger charge is 2.00. The van der Waals surface area contributed by atoms with Crippen molar-refractivity contribution in [2.24, 2.45) is 0 Å². The van der Waals surface area contributed by atoms with E-state index in [-0.39, 0.29) is 0 Å². The molecule has 1 N–H and O–H groups in total. The van der Waals surface area contributed by atoms with Crippen LogP contribution in [0.1, 0.15) is 6.92 Å². The Morgan fingerprint density at radius 1 is 1.73 bits per heavy atom. The molecule has 1 heterocycles. The molecule has 0 amide bonds. The molecule has 0 aliphatic heterocycles. The molecular weight excluding hydrogens is 211 g/mol. The Bertz CT molecular complexity index is 252. The van der Waals surface area contributed by atoms with Crippen molar-refractivity contribution in [2.75, 3.05) is 11.9 Å². The van der Waals surface area contributed by atoms with E-state index in [2.05, 4.69) is 26.2 Å². The van der Waals surface area contributed by atoms with Crippen LogP contribution in [0, 0.1) is 5.95 Å². The number of rotatable bonds is 2. The lowest BCUT2D eigenvalue weighted by molar-refractivity contribution is 0.586. The summed E-state index contributed by atoms with van der Waals surface area (Å²) in [5.74, 6) is -0.463. The number of pyridine rings is 1. The molecule has 0 spiro atoms. The monoisotopic (exact) mass is 218 g/mol. The Morgan fingerprint density at radius 2 is 2.45 bits per heavy atom. The van der Waals surface area contributed by atoms with Crippen LogP contribution in [0.5, 0.6) is 0 Å². The van der Waals surface area contributed by atoms with Gasteiger partial charge in [-0.1, -0.05) is 0 Å². The van der Waals surface area contributed by atoms with Gasteiger partial charge in [0, 0.05) is 17.2 Å². The molecule has 60 valence electrons. The first-order valence-corrected chi connectivity index (χ1v) is 4.08. The summed E-state index contributed by atoms with van der Waals surface area (Å²) in [6, 6.07) is 1.66. The zero-order chi connectivity index (χ0) is 8.27. The fourth-order valence-corrected chi connectivity index (χ4v) is 1.07. The van der Waals surface area contributed by atoms with Gasteiger partial charge in [0.25, 0.3) is 0 Å². The Kier molecular flexibility index (Phi) is 2.82. The topological polar surface area (TPSA) is 24.9 Å². The van der Waals surface area contributed by atoms with Crippen LogP contribution in [0.25, 0.3) is 0 Å². The minimum atomic E-state index is -0.463. The maximum atomic E-state index is 12.8. The summed E-state index contributed by atoms with van der Waals surface area (Å²) in [7, 11) is 0. The first kappa shape index (κ1) is 8.46. The number of anilines is 1. The van der Waals surface area contributed by atoms with Gasteiger partial charge in [-0.3, -0.25) is 0 Å². The van der Waals surface area contributed by atoms with Crippen molar-refractivity contribution >= 4 is 21.6 Å². The minimum Gasteiger partial charge on any atom is -0.382 e. The van der Waals surface area contributed by atoms with E-state index in [0.717, 1.165) is 4.47 Å². The van der Waals surface area contributed by atoms with Crippen molar-refractivity contribution < 1.29 is 4.39 Å². The SMILES string of the molecule is CCNc1cc(Br)cnc1F. The van der Waals surface area contributed by atoms with E-state index in [4.69, 9.17) is 0 Å². The number of halogens is 2. The van der Waals surface area contributed by atoms with Crippen LogP contribution < -0.4 is 5.32 Å². The van der Waals surface area contributed by atoms with Crippen molar-refractivity contribution in [1.29, 1.82) is 0 Å². The highest BCUT2D eigenvalue weighted by Crippen LogP contribution is 2.16. The Balaban J connectivity index is 2.93. The second kappa shape index (κ2) is 3.67. The maximum absolute atomic E-state index is 12.8. The largest absolute Gasteiger partial charge is 0.382 e. The molecule has 0 bridgehead atoms. The van der Waals surface area contributed by atoms with E-state index >= 15 is 0 Å². The fourth-order valence-electron chi connectivity index (χ4n) is 0.737. The molecule has 0 saturated heterocycles. The molecule has 0 aliphatic rings. The van der Waals surface area contributed by atoms with Crippen LogP contribution >= 0.6 is 15.9 Å². The first-order valence-electron chi connectivity index (χ1n) is 3.29. The van der Waals surface area contributed by atoms with Crippen LogP contribution in [0.2, 0.25) is 0 Å². The van der Waals surface area contributed by atoms with Crippen LogP contribution in [0.3, 0.4) is 0 Å². The number of nitrogens with zero attached hydrogens (tertiary/aromatic N) is 1. The van der Waals surface area contributed by atoms with E-state index in [0.29, 0.717) is 12.2 Å². The normalized spacial score (nSPS) is 9.73. The van der Waals surface area contributed by atoms with Crippen LogP contribution in [0.4, 0.5) is 10.1 Å². The zero-order valence-electron chi connectivity index (χ0n) is 6.06. The van der Waals surface area contributed by atoms with Crippen molar-refractivity contribution in [2.45, 2.75) is 6.92 Å². The van der Waals surface area contributed by atoms with Gasteiger partial charge in [0.15, 0.2) is 0 Å². The van der Waals surface area contributed by atoms with Gasteiger partial charge in [-0.2, -0.15) is 4.39 Å². The van der Waals surface area contributed by atoms with Gasteiger partial charge in [-0.05, 0) is 28.9 Å². The van der Waals surface area contributed by atoms with E-state index in [1.54, 1.807) is 6.07 Å². The smallest absolute Gasteiger partial charge is 0.236 e. The van der Waals surface area contributed by atoms with Crippen molar-refractivity contribution in [3.05, 3.63) is 22.7 Å². The second-order valence-electron chi connectivity index (χ2n) is 2.02. The van der Waals surface area contributed by atoms with Crippen LogP contribution in [0.15, 0.2) is 16.7 Å². The molecule has 1 aromatic heterocycles. The summed E-state index contributed by atoms with van der Waals surface area (Å²) < 4.78 is 13.5. The summed E-state index contributed by atoms with van der Waals surface area (Å²) in [4.78, 5) is 3.52. The molecule has 0 radical (unpaired) electrons. The Labute approximate surface area is 73.0 Å². The molecule has 0 aromatic carbocycles. The standard InChI is InChI=1S/C7H8BrFN2/c1-2-10-6-3-5(8)4-11-7(6)9/h3-4,10H,2H2,1H3. The van der Waals surface area contributed by atoms with Gasteiger partial charge in [-0.15, -0.1) is 0 Å². The molecule has 0 aliphatic carbocycles. The molecular formula is C7H8BrFN2. The quantitative estimate of drug-likeness (QED) is 0.772. The molecule has 4 heteroatoms. The van der Waals surface area contributed by atoms with E-state index in [1.807, 2.05) is 6.92 Å². The lowest BCUT2D eigenvalue weighted by atomic mass is 10.4. The minimum absolute atomic E-state index is 0.432. The summed E-state index contributed by atoms with van der Waals surface area (Å²) in [6.45, 7) is 2.59. The highest BCUT2D eigenvalue weighted by molar-refractivity contribution is 9.10. The second-order valence-corrected chi connectivity index (χ2v) is 2.94. The molecule has 0 saturated carbocycles. The molecule has 11 heavy (non-hydrogen) atoms. The molecule has 0 fully saturated rings. The zero-order valence-corrected chi connectivity index (χ0v) is 7.65. The van der Waals surface area contributed by atoms with Gasteiger partial charge >= 0.3 is 0 Å². The molecule has 0 atom stereocenters. The summed E-state index contributed by atoms with van der Waals surface area (Å²) >= 11 is 3.20. The lowest BCUT2D eigenvalue weighted by Crippen LogP contribution is -2.00. The lowest BCUT2D eigenvalue weighted by Gasteiger charge is -2.02. The third-order valence-corrected chi connectivity index (χ3v) is 1.61. The average molecular weight is 219 g/mol. The predicted octanol–water partition coefficient (Wildman–Crippen LogP) is 2.42.